The Kier molecular flexibility index (Phi) is 6.20. The number of rotatable bonds is 6. The molecule has 0 spiro atoms. The van der Waals surface area contributed by atoms with Crippen LogP contribution in [-0.2, 0) is 10.0 Å². The van der Waals surface area contributed by atoms with Crippen molar-refractivity contribution in [2.45, 2.75) is 4.90 Å². The van der Waals surface area contributed by atoms with Crippen LogP contribution in [0.25, 0.3) is 0 Å². The molecule has 0 radical (unpaired) electrons. The number of nitrogens with zero attached hydrogens (tertiary/aromatic N) is 2. The molecule has 0 bridgehead atoms. The third-order valence-corrected chi connectivity index (χ3v) is 6.67. The SMILES string of the molecule is O=C(c1cccs1)N1CCN(CCNS(=O)(=O)c2c(F)cccc2F)CC1. The van der Waals surface area contributed by atoms with Gasteiger partial charge in [-0.25, -0.2) is 21.9 Å². The van der Waals surface area contributed by atoms with Gasteiger partial charge in [0, 0.05) is 39.3 Å². The van der Waals surface area contributed by atoms with Gasteiger partial charge in [0.05, 0.1) is 4.88 Å². The van der Waals surface area contributed by atoms with E-state index in [1.807, 2.05) is 16.3 Å². The summed E-state index contributed by atoms with van der Waals surface area (Å²) in [7, 11) is -4.27. The monoisotopic (exact) mass is 415 g/mol. The molecule has 1 saturated heterocycles. The number of sulfonamides is 1. The van der Waals surface area contributed by atoms with Crippen LogP contribution in [0.15, 0.2) is 40.6 Å². The second kappa shape index (κ2) is 8.42. The highest BCUT2D eigenvalue weighted by Crippen LogP contribution is 2.18. The van der Waals surface area contributed by atoms with Crippen LogP contribution in [0, 0.1) is 11.6 Å². The van der Waals surface area contributed by atoms with E-state index in [1.54, 1.807) is 11.0 Å². The van der Waals surface area contributed by atoms with Crippen molar-refractivity contribution in [2.24, 2.45) is 0 Å². The van der Waals surface area contributed by atoms with Crippen LogP contribution >= 0.6 is 11.3 Å². The van der Waals surface area contributed by atoms with Crippen molar-refractivity contribution in [1.82, 2.24) is 14.5 Å². The van der Waals surface area contributed by atoms with E-state index >= 15 is 0 Å². The molecule has 1 aliphatic rings. The van der Waals surface area contributed by atoms with Crippen molar-refractivity contribution >= 4 is 27.3 Å². The Balaban J connectivity index is 1.49. The lowest BCUT2D eigenvalue weighted by Gasteiger charge is -2.34. The highest BCUT2D eigenvalue weighted by atomic mass is 32.2. The summed E-state index contributed by atoms with van der Waals surface area (Å²) in [5.41, 5.74) is 0. The van der Waals surface area contributed by atoms with Gasteiger partial charge in [-0.2, -0.15) is 0 Å². The van der Waals surface area contributed by atoms with E-state index in [4.69, 9.17) is 0 Å². The maximum Gasteiger partial charge on any atom is 0.264 e. The number of carbonyl (C=O) groups excluding carboxylic acids is 1. The number of carbonyl (C=O) groups is 1. The molecule has 146 valence electrons. The Labute approximate surface area is 160 Å². The molecule has 1 fully saturated rings. The fourth-order valence-corrected chi connectivity index (χ4v) is 4.72. The lowest BCUT2D eigenvalue weighted by Crippen LogP contribution is -2.50. The van der Waals surface area contributed by atoms with Crippen molar-refractivity contribution in [3.05, 3.63) is 52.2 Å². The second-order valence-electron chi connectivity index (χ2n) is 6.06. The van der Waals surface area contributed by atoms with Gasteiger partial charge in [-0.15, -0.1) is 11.3 Å². The van der Waals surface area contributed by atoms with Crippen LogP contribution in [0.1, 0.15) is 9.67 Å². The first kappa shape index (κ1) is 19.9. The number of hydrogen-bond donors (Lipinski definition) is 1. The van der Waals surface area contributed by atoms with Gasteiger partial charge in [0.15, 0.2) is 4.90 Å². The summed E-state index contributed by atoms with van der Waals surface area (Å²) in [6.07, 6.45) is 0. The molecule has 1 N–H and O–H groups in total. The van der Waals surface area contributed by atoms with Gasteiger partial charge < -0.3 is 4.90 Å². The van der Waals surface area contributed by atoms with Crippen molar-refractivity contribution < 1.29 is 22.0 Å². The largest absolute Gasteiger partial charge is 0.335 e. The molecule has 1 aliphatic heterocycles. The minimum Gasteiger partial charge on any atom is -0.335 e. The number of halogens is 2. The van der Waals surface area contributed by atoms with Crippen LogP contribution < -0.4 is 4.72 Å². The van der Waals surface area contributed by atoms with Crippen molar-refractivity contribution in [3.63, 3.8) is 0 Å². The number of benzene rings is 1. The van der Waals surface area contributed by atoms with E-state index < -0.39 is 26.6 Å². The highest BCUT2D eigenvalue weighted by molar-refractivity contribution is 7.89. The molecular weight excluding hydrogens is 396 g/mol. The van der Waals surface area contributed by atoms with E-state index in [1.165, 1.54) is 11.3 Å². The number of amides is 1. The predicted octanol–water partition coefficient (Wildman–Crippen LogP) is 1.76. The normalized spacial score (nSPS) is 15.9. The average molecular weight is 415 g/mol. The summed E-state index contributed by atoms with van der Waals surface area (Å²) in [6.45, 7) is 2.71. The van der Waals surface area contributed by atoms with Crippen molar-refractivity contribution in [2.75, 3.05) is 39.3 Å². The minimum absolute atomic E-state index is 0.000353. The number of thiophene rings is 1. The van der Waals surface area contributed by atoms with Gasteiger partial charge >= 0.3 is 0 Å². The predicted molar refractivity (Wildman–Crippen MR) is 98.2 cm³/mol. The zero-order valence-corrected chi connectivity index (χ0v) is 16.0. The first-order valence-electron chi connectivity index (χ1n) is 8.37. The smallest absolute Gasteiger partial charge is 0.264 e. The number of nitrogens with one attached hydrogen (secondary N) is 1. The quantitative estimate of drug-likeness (QED) is 0.781. The summed E-state index contributed by atoms with van der Waals surface area (Å²) in [5, 5.41) is 1.86. The average Bonchev–Trinajstić information content (AvgIpc) is 3.16. The summed E-state index contributed by atoms with van der Waals surface area (Å²) in [6, 6.07) is 6.54. The van der Waals surface area contributed by atoms with Crippen LogP contribution in [0.5, 0.6) is 0 Å². The zero-order chi connectivity index (χ0) is 19.4. The van der Waals surface area contributed by atoms with Gasteiger partial charge in [-0.1, -0.05) is 12.1 Å². The first-order valence-corrected chi connectivity index (χ1v) is 10.7. The molecule has 0 unspecified atom stereocenters. The van der Waals surface area contributed by atoms with Crippen LogP contribution in [-0.4, -0.2) is 63.4 Å². The Morgan fingerprint density at radius 1 is 1.07 bits per heavy atom. The zero-order valence-electron chi connectivity index (χ0n) is 14.4. The summed E-state index contributed by atoms with van der Waals surface area (Å²) >= 11 is 1.40. The molecule has 10 heteroatoms. The fraction of sp³-hybridized carbons (Fsp3) is 0.353. The molecule has 1 aromatic heterocycles. The van der Waals surface area contributed by atoms with E-state index in [9.17, 15) is 22.0 Å². The number of piperazine rings is 1. The molecule has 6 nitrogen and oxygen atoms in total. The fourth-order valence-electron chi connectivity index (χ4n) is 2.88. The van der Waals surface area contributed by atoms with E-state index in [0.717, 1.165) is 18.2 Å². The van der Waals surface area contributed by atoms with Crippen LogP contribution in [0.2, 0.25) is 0 Å². The molecule has 2 heterocycles. The van der Waals surface area contributed by atoms with E-state index in [-0.39, 0.29) is 12.5 Å². The molecule has 2 aromatic rings. The Morgan fingerprint density at radius 2 is 1.74 bits per heavy atom. The summed E-state index contributed by atoms with van der Waals surface area (Å²) in [4.78, 5) is 15.8. The maximum absolute atomic E-state index is 13.7. The van der Waals surface area contributed by atoms with Crippen LogP contribution in [0.4, 0.5) is 8.78 Å². The minimum atomic E-state index is -4.27. The van der Waals surface area contributed by atoms with Gasteiger partial charge in [-0.3, -0.25) is 9.69 Å². The standard InChI is InChI=1S/C17H19F2N3O3S2/c18-13-3-1-4-14(19)16(13)27(24,25)20-6-7-21-8-10-22(11-9-21)17(23)15-5-2-12-26-15/h1-5,12,20H,6-11H2. The Morgan fingerprint density at radius 3 is 2.33 bits per heavy atom. The maximum atomic E-state index is 13.7. The molecule has 1 aromatic carbocycles. The molecule has 27 heavy (non-hydrogen) atoms. The third-order valence-electron chi connectivity index (χ3n) is 4.30. The third kappa shape index (κ3) is 4.70. The molecule has 1 amide bonds. The molecule has 0 aliphatic carbocycles. The summed E-state index contributed by atoms with van der Waals surface area (Å²) in [5.74, 6) is -2.24. The Hall–Kier alpha value is -1.88. The molecule has 0 atom stereocenters. The van der Waals surface area contributed by atoms with E-state index in [0.29, 0.717) is 37.6 Å². The van der Waals surface area contributed by atoms with Gasteiger partial charge in [0.1, 0.15) is 11.6 Å². The van der Waals surface area contributed by atoms with Gasteiger partial charge in [0.2, 0.25) is 10.0 Å². The summed E-state index contributed by atoms with van der Waals surface area (Å²) < 4.78 is 53.8. The second-order valence-corrected chi connectivity index (χ2v) is 8.71. The first-order chi connectivity index (χ1) is 12.9. The van der Waals surface area contributed by atoms with Crippen molar-refractivity contribution in [3.8, 4) is 0 Å². The lowest BCUT2D eigenvalue weighted by atomic mass is 10.3. The van der Waals surface area contributed by atoms with Crippen molar-refractivity contribution in [1.29, 1.82) is 0 Å². The van der Waals surface area contributed by atoms with Gasteiger partial charge in [0.25, 0.3) is 5.91 Å². The number of hydrogen-bond acceptors (Lipinski definition) is 5. The van der Waals surface area contributed by atoms with Gasteiger partial charge in [-0.05, 0) is 23.6 Å². The Bertz CT molecular complexity index is 876. The lowest BCUT2D eigenvalue weighted by molar-refractivity contribution is 0.0645. The van der Waals surface area contributed by atoms with Crippen LogP contribution in [0.3, 0.4) is 0 Å². The topological polar surface area (TPSA) is 69.7 Å². The van der Waals surface area contributed by atoms with E-state index in [2.05, 4.69) is 4.72 Å². The molecule has 0 saturated carbocycles. The highest BCUT2D eigenvalue weighted by Gasteiger charge is 2.25. The molecule has 3 rings (SSSR count). The molecular formula is C17H19F2N3O3S2.